The molecule has 3 heterocycles. The Morgan fingerprint density at radius 3 is 2.87 bits per heavy atom. The van der Waals surface area contributed by atoms with Crippen LogP contribution >= 0.6 is 23.1 Å². The maximum absolute atomic E-state index is 13.7. The van der Waals surface area contributed by atoms with E-state index in [0.717, 1.165) is 78.1 Å². The van der Waals surface area contributed by atoms with Crippen molar-refractivity contribution in [1.29, 1.82) is 0 Å². The Kier molecular flexibility index (Phi) is 5.96. The minimum atomic E-state index is 0.0962. The predicted molar refractivity (Wildman–Crippen MR) is 125 cm³/mol. The fraction of sp³-hybridized carbons (Fsp3) is 0.478. The first-order chi connectivity index (χ1) is 14.7. The number of hydrogen-bond acceptors (Lipinski definition) is 6. The summed E-state index contributed by atoms with van der Waals surface area (Å²) in [5.41, 5.74) is 3.42. The molecule has 5 rings (SSSR count). The number of morpholine rings is 1. The van der Waals surface area contributed by atoms with Crippen molar-refractivity contribution >= 4 is 33.3 Å². The van der Waals surface area contributed by atoms with Crippen molar-refractivity contribution in [3.05, 3.63) is 50.6 Å². The Balaban J connectivity index is 1.55. The first kappa shape index (κ1) is 20.2. The Bertz CT molecular complexity index is 1120. The van der Waals surface area contributed by atoms with Gasteiger partial charge in [0, 0.05) is 30.3 Å². The van der Waals surface area contributed by atoms with Gasteiger partial charge in [0.15, 0.2) is 5.16 Å². The van der Waals surface area contributed by atoms with Crippen LogP contribution in [0.25, 0.3) is 15.9 Å². The molecule has 2 aliphatic rings. The van der Waals surface area contributed by atoms with E-state index in [1.165, 1.54) is 23.3 Å². The second-order valence-corrected chi connectivity index (χ2v) is 10.2. The molecule has 1 saturated heterocycles. The van der Waals surface area contributed by atoms with Gasteiger partial charge < -0.3 is 4.74 Å². The van der Waals surface area contributed by atoms with Crippen molar-refractivity contribution in [3.8, 4) is 5.69 Å². The third kappa shape index (κ3) is 3.96. The van der Waals surface area contributed by atoms with E-state index in [9.17, 15) is 4.79 Å². The molecule has 0 atom stereocenters. The highest BCUT2D eigenvalue weighted by Gasteiger charge is 2.23. The molecule has 1 aliphatic heterocycles. The topological polar surface area (TPSA) is 47.4 Å². The summed E-state index contributed by atoms with van der Waals surface area (Å²) in [6.45, 7) is 6.63. The third-order valence-electron chi connectivity index (χ3n) is 5.96. The molecule has 5 nitrogen and oxygen atoms in total. The van der Waals surface area contributed by atoms with Crippen LogP contribution in [-0.4, -0.2) is 53.1 Å². The standard InChI is InChI=1S/C23H27N3O2S2/c1-16-5-4-6-17(15-16)26-22(27)20-18-7-2-3-8-19(18)30-21(20)24-23(26)29-14-11-25-9-12-28-13-10-25/h4-6,15H,2-3,7-14H2,1H3. The van der Waals surface area contributed by atoms with Crippen molar-refractivity contribution in [1.82, 2.24) is 14.5 Å². The monoisotopic (exact) mass is 441 g/mol. The van der Waals surface area contributed by atoms with Crippen molar-refractivity contribution in [2.45, 2.75) is 37.8 Å². The summed E-state index contributed by atoms with van der Waals surface area (Å²) in [6.07, 6.45) is 4.47. The molecule has 2 aromatic heterocycles. The van der Waals surface area contributed by atoms with Crippen LogP contribution in [0.5, 0.6) is 0 Å². The van der Waals surface area contributed by atoms with E-state index >= 15 is 0 Å². The first-order valence-electron chi connectivity index (χ1n) is 10.8. The summed E-state index contributed by atoms with van der Waals surface area (Å²) in [5.74, 6) is 0.912. The lowest BCUT2D eigenvalue weighted by Gasteiger charge is -2.26. The van der Waals surface area contributed by atoms with Crippen molar-refractivity contribution in [2.24, 2.45) is 0 Å². The number of ether oxygens (including phenoxy) is 1. The molecule has 1 aromatic carbocycles. The summed E-state index contributed by atoms with van der Waals surface area (Å²) < 4.78 is 7.30. The predicted octanol–water partition coefficient (Wildman–Crippen LogP) is 4.06. The van der Waals surface area contributed by atoms with Gasteiger partial charge in [0.1, 0.15) is 4.83 Å². The third-order valence-corrected chi connectivity index (χ3v) is 8.06. The zero-order valence-corrected chi connectivity index (χ0v) is 19.0. The smallest absolute Gasteiger partial charge is 0.267 e. The Morgan fingerprint density at radius 2 is 2.03 bits per heavy atom. The van der Waals surface area contributed by atoms with Crippen LogP contribution < -0.4 is 5.56 Å². The van der Waals surface area contributed by atoms with Crippen molar-refractivity contribution in [3.63, 3.8) is 0 Å². The summed E-state index contributed by atoms with van der Waals surface area (Å²) in [5, 5.41) is 1.67. The van der Waals surface area contributed by atoms with Crippen LogP contribution in [0.1, 0.15) is 28.8 Å². The number of hydrogen-bond donors (Lipinski definition) is 0. The van der Waals surface area contributed by atoms with E-state index in [1.807, 2.05) is 16.7 Å². The van der Waals surface area contributed by atoms with Crippen LogP contribution in [0.2, 0.25) is 0 Å². The zero-order valence-electron chi connectivity index (χ0n) is 17.4. The van der Waals surface area contributed by atoms with E-state index in [4.69, 9.17) is 9.72 Å². The molecule has 158 valence electrons. The minimum Gasteiger partial charge on any atom is -0.379 e. The molecule has 3 aromatic rings. The highest BCUT2D eigenvalue weighted by Crippen LogP contribution is 2.35. The van der Waals surface area contributed by atoms with Gasteiger partial charge in [-0.25, -0.2) is 4.98 Å². The van der Waals surface area contributed by atoms with E-state index in [0.29, 0.717) is 0 Å². The lowest BCUT2D eigenvalue weighted by Crippen LogP contribution is -2.37. The minimum absolute atomic E-state index is 0.0962. The first-order valence-corrected chi connectivity index (χ1v) is 12.6. The van der Waals surface area contributed by atoms with Crippen LogP contribution in [-0.2, 0) is 17.6 Å². The van der Waals surface area contributed by atoms with Gasteiger partial charge in [0.05, 0.1) is 24.3 Å². The summed E-state index contributed by atoms with van der Waals surface area (Å²) >= 11 is 3.42. The normalized spacial score (nSPS) is 17.4. The molecule has 0 bridgehead atoms. The van der Waals surface area contributed by atoms with Crippen molar-refractivity contribution in [2.75, 3.05) is 38.6 Å². The number of thiophene rings is 1. The van der Waals surface area contributed by atoms with Gasteiger partial charge >= 0.3 is 0 Å². The molecular weight excluding hydrogens is 414 g/mol. The van der Waals surface area contributed by atoms with Gasteiger partial charge in [-0.2, -0.15) is 0 Å². The molecule has 1 fully saturated rings. The molecular formula is C23H27N3O2S2. The van der Waals surface area contributed by atoms with Crippen LogP contribution in [0, 0.1) is 6.92 Å². The number of fused-ring (bicyclic) bond motifs is 3. The van der Waals surface area contributed by atoms with Gasteiger partial charge in [-0.15, -0.1) is 11.3 Å². The van der Waals surface area contributed by atoms with Gasteiger partial charge in [0.25, 0.3) is 5.56 Å². The lowest BCUT2D eigenvalue weighted by molar-refractivity contribution is 0.0410. The van der Waals surface area contributed by atoms with Gasteiger partial charge in [-0.1, -0.05) is 23.9 Å². The molecule has 1 aliphatic carbocycles. The number of rotatable bonds is 5. The van der Waals surface area contributed by atoms with Crippen LogP contribution in [0.4, 0.5) is 0 Å². The number of thioether (sulfide) groups is 1. The average Bonchev–Trinajstić information content (AvgIpc) is 3.13. The summed E-state index contributed by atoms with van der Waals surface area (Å²) in [7, 11) is 0. The van der Waals surface area contributed by atoms with Crippen LogP contribution in [0.15, 0.2) is 34.2 Å². The van der Waals surface area contributed by atoms with Gasteiger partial charge in [-0.05, 0) is 55.9 Å². The second kappa shape index (κ2) is 8.83. The Hall–Kier alpha value is -1.67. The maximum atomic E-state index is 13.7. The van der Waals surface area contributed by atoms with Gasteiger partial charge in [0.2, 0.25) is 0 Å². The largest absolute Gasteiger partial charge is 0.379 e. The van der Waals surface area contributed by atoms with Gasteiger partial charge in [-0.3, -0.25) is 14.3 Å². The molecule has 30 heavy (non-hydrogen) atoms. The van der Waals surface area contributed by atoms with E-state index in [1.54, 1.807) is 23.1 Å². The maximum Gasteiger partial charge on any atom is 0.267 e. The summed E-state index contributed by atoms with van der Waals surface area (Å²) in [6, 6.07) is 8.19. The lowest BCUT2D eigenvalue weighted by atomic mass is 9.97. The zero-order chi connectivity index (χ0) is 20.5. The molecule has 0 unspecified atom stereocenters. The SMILES string of the molecule is Cc1cccc(-n2c(SCCN3CCOCC3)nc3sc4c(c3c2=O)CCCC4)c1. The van der Waals surface area contributed by atoms with E-state index in [-0.39, 0.29) is 5.56 Å². The number of aromatic nitrogens is 2. The molecule has 0 N–H and O–H groups in total. The number of nitrogens with zero attached hydrogens (tertiary/aromatic N) is 3. The van der Waals surface area contributed by atoms with Crippen LogP contribution in [0.3, 0.4) is 0 Å². The molecule has 0 saturated carbocycles. The highest BCUT2D eigenvalue weighted by molar-refractivity contribution is 7.99. The second-order valence-electron chi connectivity index (χ2n) is 8.07. The Morgan fingerprint density at radius 1 is 1.20 bits per heavy atom. The van der Waals surface area contributed by atoms with E-state index < -0.39 is 0 Å². The average molecular weight is 442 g/mol. The molecule has 0 spiro atoms. The molecule has 0 amide bonds. The number of aryl methyl sites for hydroxylation is 3. The fourth-order valence-corrected chi connectivity index (χ4v) is 6.68. The van der Waals surface area contributed by atoms with E-state index in [2.05, 4.69) is 24.0 Å². The van der Waals surface area contributed by atoms with Crippen molar-refractivity contribution < 1.29 is 4.74 Å². The fourth-order valence-electron chi connectivity index (χ4n) is 4.37. The highest BCUT2D eigenvalue weighted by atomic mass is 32.2. The number of benzene rings is 1. The quantitative estimate of drug-likeness (QED) is 0.441. The Labute approximate surface area is 185 Å². The molecule has 0 radical (unpaired) electrons. The summed E-state index contributed by atoms with van der Waals surface area (Å²) in [4.78, 5) is 23.5. The molecule has 7 heteroatoms.